The summed E-state index contributed by atoms with van der Waals surface area (Å²) in [5.74, 6) is -1.92. The Morgan fingerprint density at radius 2 is 0.934 bits per heavy atom. The van der Waals surface area contributed by atoms with Gasteiger partial charge < -0.3 is 80.3 Å². The molecule has 1 unspecified atom stereocenters. The summed E-state index contributed by atoms with van der Waals surface area (Å²) in [5, 5.41) is 61.5. The number of ether oxygens (including phenoxy) is 5. The minimum absolute atomic E-state index is 0.0286. The van der Waals surface area contributed by atoms with Crippen molar-refractivity contribution < 1.29 is 101 Å². The third kappa shape index (κ3) is 41.8. The van der Waals surface area contributed by atoms with Crippen LogP contribution in [0.1, 0.15) is 284 Å². The second-order valence-corrected chi connectivity index (χ2v) is 27.9. The molecule has 2 rings (SSSR count). The van der Waals surface area contributed by atoms with Gasteiger partial charge in [0.05, 0.1) is 52.0 Å². The van der Waals surface area contributed by atoms with Gasteiger partial charge in [0, 0.05) is 6.42 Å². The van der Waals surface area contributed by atoms with Crippen LogP contribution < -0.4 is 16.4 Å². The molecule has 0 radical (unpaired) electrons. The van der Waals surface area contributed by atoms with Gasteiger partial charge in [-0.2, -0.15) is 0 Å². The highest BCUT2D eigenvalue weighted by Crippen LogP contribution is 2.44. The fraction of sp³-hybridized carbons (Fsp3) is 0.954. The van der Waals surface area contributed by atoms with E-state index >= 15 is 0 Å². The van der Waals surface area contributed by atoms with E-state index in [2.05, 4.69) is 31.4 Å². The first kappa shape index (κ1) is 85.3. The van der Waals surface area contributed by atoms with Crippen LogP contribution in [-0.2, 0) is 60.8 Å². The number of aliphatic hydroxyl groups excluding tert-OH is 5. The summed E-state index contributed by atoms with van der Waals surface area (Å²) < 4.78 is 70.2. The maximum Gasteiger partial charge on any atom is 0.472 e. The number of rotatable bonds is 60. The van der Waals surface area contributed by atoms with E-state index in [4.69, 9.17) is 43.0 Å². The number of carbonyl (C=O) groups is 3. The van der Waals surface area contributed by atoms with Crippen molar-refractivity contribution >= 4 is 33.4 Å². The summed E-state index contributed by atoms with van der Waals surface area (Å²) in [6, 6.07) is -3.19. The van der Waals surface area contributed by atoms with Crippen molar-refractivity contribution in [3.8, 4) is 0 Å². The minimum atomic E-state index is -5.37. The molecular formula is C65H127N3O21P2. The summed E-state index contributed by atoms with van der Waals surface area (Å²) in [4.78, 5) is 71.1. The Hall–Kier alpha value is -1.77. The summed E-state index contributed by atoms with van der Waals surface area (Å²) in [5.41, 5.74) is 5.57. The Labute approximate surface area is 545 Å². The van der Waals surface area contributed by atoms with Crippen LogP contribution in [0.15, 0.2) is 0 Å². The Morgan fingerprint density at radius 1 is 0.505 bits per heavy atom. The van der Waals surface area contributed by atoms with Gasteiger partial charge in [-0.3, -0.25) is 28.0 Å². The second kappa shape index (κ2) is 53.3. The number of nitrogens with two attached hydrogens (primary N) is 1. The van der Waals surface area contributed by atoms with Crippen LogP contribution in [0.4, 0.5) is 0 Å². The lowest BCUT2D eigenvalue weighted by molar-refractivity contribution is -0.303. The normalized spacial score (nSPS) is 23.4. The van der Waals surface area contributed by atoms with Crippen LogP contribution in [0.2, 0.25) is 0 Å². The number of hydrogen-bond donors (Lipinski definition) is 11. The van der Waals surface area contributed by atoms with Crippen molar-refractivity contribution in [3.63, 3.8) is 0 Å². The summed E-state index contributed by atoms with van der Waals surface area (Å²) >= 11 is 0. The smallest absolute Gasteiger partial charge is 0.462 e. The van der Waals surface area contributed by atoms with E-state index in [9.17, 15) is 63.7 Å². The van der Waals surface area contributed by atoms with Gasteiger partial charge in [0.1, 0.15) is 54.8 Å². The Bertz CT molecular complexity index is 1910. The van der Waals surface area contributed by atoms with Crippen molar-refractivity contribution in [2.75, 3.05) is 39.6 Å². The zero-order valence-electron chi connectivity index (χ0n) is 56.0. The molecule has 0 aromatic carbocycles. The lowest BCUT2D eigenvalue weighted by atomic mass is 9.95. The average molecular weight is 1350 g/mol. The molecule has 2 aliphatic rings. The van der Waals surface area contributed by atoms with Gasteiger partial charge in [-0.15, -0.1) is 0 Å². The molecule has 0 aromatic heterocycles. The molecule has 91 heavy (non-hydrogen) atoms. The highest BCUT2D eigenvalue weighted by molar-refractivity contribution is 7.47. The molecule has 12 N–H and O–H groups in total. The van der Waals surface area contributed by atoms with E-state index in [-0.39, 0.29) is 25.9 Å². The quantitative estimate of drug-likeness (QED) is 0.0153. The molecule has 2 saturated heterocycles. The fourth-order valence-electron chi connectivity index (χ4n) is 11.6. The first-order valence-electron chi connectivity index (χ1n) is 35.5. The Balaban J connectivity index is 2.28. The van der Waals surface area contributed by atoms with Crippen molar-refractivity contribution in [2.24, 2.45) is 5.73 Å². The third-order valence-corrected chi connectivity index (χ3v) is 18.5. The van der Waals surface area contributed by atoms with Gasteiger partial charge in [-0.05, 0) is 45.1 Å². The minimum Gasteiger partial charge on any atom is -0.462 e. The van der Waals surface area contributed by atoms with E-state index in [1.165, 1.54) is 64.2 Å². The maximum atomic E-state index is 14.1. The molecule has 0 saturated carbocycles. The van der Waals surface area contributed by atoms with E-state index in [0.717, 1.165) is 141 Å². The molecule has 0 aliphatic carbocycles. The van der Waals surface area contributed by atoms with Gasteiger partial charge >= 0.3 is 21.6 Å². The van der Waals surface area contributed by atoms with Crippen molar-refractivity contribution in [2.45, 2.75) is 358 Å². The standard InChI is InChI=1S/C65H127N3O21P2/c1-4-7-10-13-16-20-25-30-35-40-51(70)47-55(71)67-58-61(75)60(74)54(88-64(58)82-45-46-85-91(80,81)84-44-39-34-29-24-19-23-28-33-38-43-66)50-83-65-59(62(76)63(53(49-69)87-65)89-90(77,78)79)68-56(72)48-52(41-36-31-26-21-17-14-11-8-5-2)86-57(73)42-37-32-27-22-18-15-12-9-6-3/h51-54,58-65,69-70,74-76H,4-50,66H2,1-3H3,(H,67,71)(H,68,72)(H,80,81)(H2,77,78,79)/t51-,52-,53-,54-,58-,59-,60-,61-,62-,63-,64+,65-/m1/s1. The number of carbonyl (C=O) groups excluding carboxylic acids is 3. The number of amides is 2. The summed E-state index contributed by atoms with van der Waals surface area (Å²) in [7, 11) is -9.93. The third-order valence-electron chi connectivity index (χ3n) is 17.0. The van der Waals surface area contributed by atoms with Crippen LogP contribution in [0.3, 0.4) is 0 Å². The Kier molecular flexibility index (Phi) is 50.0. The topological polar surface area (TPSA) is 371 Å². The number of phosphoric acid groups is 2. The summed E-state index contributed by atoms with van der Waals surface area (Å²) in [6.45, 7) is 4.52. The molecule has 0 aromatic rings. The number of nitrogens with one attached hydrogen (secondary N) is 2. The predicted molar refractivity (Wildman–Crippen MR) is 348 cm³/mol. The maximum absolute atomic E-state index is 14.1. The SMILES string of the molecule is CCCCCCCCCCCC(=O)O[C@H](CCCCCCCCCCC)CC(=O)N[C@H]1[C@H](OC[C@H]2O[C@H](OCCOP(=O)(O)OCCCCCCCCCCCN)[C@H](NC(=O)C[C@H](O)CCCCCCCCCCC)[C@@H](O)[C@@H]2O)O[C@H](CO)[C@@H](OP(=O)(O)O)[C@@H]1O. The lowest BCUT2D eigenvalue weighted by Gasteiger charge is -2.45. The van der Waals surface area contributed by atoms with Crippen molar-refractivity contribution in [1.29, 1.82) is 0 Å². The van der Waals surface area contributed by atoms with Gasteiger partial charge in [0.15, 0.2) is 12.6 Å². The number of unbranched alkanes of at least 4 members (excludes halogenated alkanes) is 32. The zero-order valence-corrected chi connectivity index (χ0v) is 57.8. The number of hydrogen-bond acceptors (Lipinski definition) is 19. The second-order valence-electron chi connectivity index (χ2n) is 25.3. The predicted octanol–water partition coefficient (Wildman–Crippen LogP) is 10.4. The van der Waals surface area contributed by atoms with Crippen LogP contribution >= 0.6 is 15.6 Å². The molecule has 0 bridgehead atoms. The van der Waals surface area contributed by atoms with E-state index in [1.54, 1.807) is 0 Å². The summed E-state index contributed by atoms with van der Waals surface area (Å²) in [6.07, 6.45) is 21.3. The molecule has 24 nitrogen and oxygen atoms in total. The van der Waals surface area contributed by atoms with Crippen LogP contribution in [0.5, 0.6) is 0 Å². The zero-order chi connectivity index (χ0) is 67.0. The largest absolute Gasteiger partial charge is 0.472 e. The van der Waals surface area contributed by atoms with Crippen LogP contribution in [0.25, 0.3) is 0 Å². The van der Waals surface area contributed by atoms with Crippen molar-refractivity contribution in [3.05, 3.63) is 0 Å². The molecular weight excluding hydrogens is 1220 g/mol. The molecule has 26 heteroatoms. The van der Waals surface area contributed by atoms with Crippen LogP contribution in [0, 0.1) is 0 Å². The Morgan fingerprint density at radius 3 is 1.44 bits per heavy atom. The molecule has 2 fully saturated rings. The average Bonchev–Trinajstić information content (AvgIpc) is 0.900. The first-order chi connectivity index (χ1) is 43.8. The highest BCUT2D eigenvalue weighted by atomic mass is 31.2. The van der Waals surface area contributed by atoms with E-state index < -0.39 is 133 Å². The van der Waals surface area contributed by atoms with Crippen LogP contribution in [-0.4, -0.2) is 171 Å². The molecule has 538 valence electrons. The van der Waals surface area contributed by atoms with Gasteiger partial charge in [0.2, 0.25) is 11.8 Å². The molecule has 2 amide bonds. The fourth-order valence-corrected chi connectivity index (χ4v) is 13.0. The monoisotopic (exact) mass is 1350 g/mol. The molecule has 0 spiro atoms. The van der Waals surface area contributed by atoms with Gasteiger partial charge in [0.25, 0.3) is 0 Å². The lowest BCUT2D eigenvalue weighted by Crippen LogP contribution is -2.67. The van der Waals surface area contributed by atoms with Gasteiger partial charge in [-0.25, -0.2) is 9.13 Å². The van der Waals surface area contributed by atoms with Gasteiger partial charge in [-0.1, -0.05) is 226 Å². The number of phosphoric ester groups is 2. The number of aliphatic hydroxyl groups is 5. The molecule has 2 heterocycles. The molecule has 2 aliphatic heterocycles. The van der Waals surface area contributed by atoms with Crippen molar-refractivity contribution in [1.82, 2.24) is 10.6 Å². The van der Waals surface area contributed by atoms with E-state index in [1.807, 2.05) is 0 Å². The first-order valence-corrected chi connectivity index (χ1v) is 38.5. The molecule has 13 atom stereocenters. The highest BCUT2D eigenvalue weighted by Gasteiger charge is 2.51. The number of esters is 1. The van der Waals surface area contributed by atoms with E-state index in [0.29, 0.717) is 45.1 Å².